The highest BCUT2D eigenvalue weighted by molar-refractivity contribution is 5.85. The molecule has 0 bridgehead atoms. The molecule has 2 aromatic carbocycles. The predicted molar refractivity (Wildman–Crippen MR) is 91.2 cm³/mol. The molecule has 0 aromatic heterocycles. The van der Waals surface area contributed by atoms with Gasteiger partial charge in [-0.25, -0.2) is 0 Å². The summed E-state index contributed by atoms with van der Waals surface area (Å²) in [5, 5.41) is 3.08. The Hall–Kier alpha value is -1.84. The maximum absolute atomic E-state index is 12.2. The molecule has 0 radical (unpaired) electrons. The van der Waals surface area contributed by atoms with Crippen LogP contribution in [0.1, 0.15) is 16.7 Å². The summed E-state index contributed by atoms with van der Waals surface area (Å²) in [5.74, 6) is -0.0586. The number of carbonyl (C=O) groups excluding carboxylic acids is 1. The molecule has 1 amide bonds. The number of nitrogens with one attached hydrogen (secondary N) is 1. The van der Waals surface area contributed by atoms with Gasteiger partial charge in [0.25, 0.3) is 0 Å². The zero-order valence-corrected chi connectivity index (χ0v) is 13.2. The van der Waals surface area contributed by atoms with Gasteiger partial charge >= 0.3 is 0 Å². The number of hydrogen-bond acceptors (Lipinski definition) is 2. The Balaban J connectivity index is 0.00000176. The van der Waals surface area contributed by atoms with Crippen LogP contribution in [0.4, 0.5) is 0 Å². The summed E-state index contributed by atoms with van der Waals surface area (Å²) in [5.41, 5.74) is 9.78. The van der Waals surface area contributed by atoms with Crippen molar-refractivity contribution < 1.29 is 4.79 Å². The Morgan fingerprint density at radius 2 is 1.59 bits per heavy atom. The van der Waals surface area contributed by atoms with Crippen LogP contribution in [0, 0.1) is 0 Å². The molecule has 0 aliphatic heterocycles. The third-order valence-electron chi connectivity index (χ3n) is 4.03. The summed E-state index contributed by atoms with van der Waals surface area (Å²) in [7, 11) is 0. The summed E-state index contributed by atoms with van der Waals surface area (Å²) in [6, 6.07) is 17.9. The van der Waals surface area contributed by atoms with Crippen molar-refractivity contribution in [2.75, 3.05) is 0 Å². The van der Waals surface area contributed by atoms with Gasteiger partial charge in [-0.15, -0.1) is 12.4 Å². The molecular formula is C18H21ClN2O. The van der Waals surface area contributed by atoms with E-state index < -0.39 is 6.04 Å². The predicted octanol–water partition coefficient (Wildman–Crippen LogP) is 2.26. The second kappa shape index (κ2) is 7.43. The second-order valence-corrected chi connectivity index (χ2v) is 5.68. The zero-order valence-electron chi connectivity index (χ0n) is 12.4. The molecule has 1 aliphatic carbocycles. The number of hydrogen-bond donors (Lipinski definition) is 2. The summed E-state index contributed by atoms with van der Waals surface area (Å²) in [4.78, 5) is 12.2. The van der Waals surface area contributed by atoms with Gasteiger partial charge in [0, 0.05) is 6.04 Å². The van der Waals surface area contributed by atoms with Crippen LogP contribution < -0.4 is 11.1 Å². The number of nitrogens with two attached hydrogens (primary N) is 1. The average molecular weight is 317 g/mol. The molecule has 3 rings (SSSR count). The molecule has 3 nitrogen and oxygen atoms in total. The lowest BCUT2D eigenvalue weighted by Gasteiger charge is -2.16. The van der Waals surface area contributed by atoms with Crippen molar-refractivity contribution in [3.63, 3.8) is 0 Å². The van der Waals surface area contributed by atoms with Crippen LogP contribution in [0.2, 0.25) is 0 Å². The first-order chi connectivity index (χ1) is 10.2. The Labute approximate surface area is 137 Å². The van der Waals surface area contributed by atoms with E-state index in [2.05, 4.69) is 17.4 Å². The van der Waals surface area contributed by atoms with Crippen LogP contribution in [-0.4, -0.2) is 18.0 Å². The molecule has 0 fully saturated rings. The fourth-order valence-corrected chi connectivity index (χ4v) is 2.93. The van der Waals surface area contributed by atoms with Gasteiger partial charge in [0.2, 0.25) is 5.91 Å². The molecule has 0 spiro atoms. The number of carbonyl (C=O) groups is 1. The fraction of sp³-hybridized carbons (Fsp3) is 0.278. The van der Waals surface area contributed by atoms with Gasteiger partial charge < -0.3 is 11.1 Å². The highest BCUT2D eigenvalue weighted by Crippen LogP contribution is 2.21. The third-order valence-corrected chi connectivity index (χ3v) is 4.03. The van der Waals surface area contributed by atoms with E-state index in [-0.39, 0.29) is 24.4 Å². The Morgan fingerprint density at radius 3 is 2.18 bits per heavy atom. The van der Waals surface area contributed by atoms with E-state index in [0.717, 1.165) is 18.4 Å². The van der Waals surface area contributed by atoms with E-state index in [0.29, 0.717) is 6.42 Å². The second-order valence-electron chi connectivity index (χ2n) is 5.68. The summed E-state index contributed by atoms with van der Waals surface area (Å²) >= 11 is 0. The molecule has 1 atom stereocenters. The summed E-state index contributed by atoms with van der Waals surface area (Å²) in [6.45, 7) is 0. The smallest absolute Gasteiger partial charge is 0.237 e. The first kappa shape index (κ1) is 16.5. The molecule has 4 heteroatoms. The lowest BCUT2D eigenvalue weighted by Crippen LogP contribution is -2.46. The maximum atomic E-state index is 12.2. The minimum atomic E-state index is -0.490. The van der Waals surface area contributed by atoms with Crippen molar-refractivity contribution in [2.45, 2.75) is 31.3 Å². The summed E-state index contributed by atoms with van der Waals surface area (Å²) < 4.78 is 0. The molecule has 1 aliphatic rings. The van der Waals surface area contributed by atoms with Crippen LogP contribution in [-0.2, 0) is 24.1 Å². The van der Waals surface area contributed by atoms with E-state index in [1.807, 2.05) is 42.5 Å². The molecular weight excluding hydrogens is 296 g/mol. The van der Waals surface area contributed by atoms with Crippen molar-refractivity contribution in [3.05, 3.63) is 71.3 Å². The lowest BCUT2D eigenvalue weighted by atomic mass is 10.1. The molecule has 0 saturated heterocycles. The monoisotopic (exact) mass is 316 g/mol. The van der Waals surface area contributed by atoms with Gasteiger partial charge in [-0.2, -0.15) is 0 Å². The van der Waals surface area contributed by atoms with Crippen LogP contribution >= 0.6 is 12.4 Å². The van der Waals surface area contributed by atoms with E-state index in [1.165, 1.54) is 11.1 Å². The highest BCUT2D eigenvalue weighted by Gasteiger charge is 2.24. The average Bonchev–Trinajstić information content (AvgIpc) is 2.90. The number of halogens is 1. The minimum absolute atomic E-state index is 0. The number of benzene rings is 2. The van der Waals surface area contributed by atoms with Crippen LogP contribution in [0.15, 0.2) is 54.6 Å². The van der Waals surface area contributed by atoms with E-state index >= 15 is 0 Å². The Bertz CT molecular complexity index is 605. The molecule has 0 heterocycles. The quantitative estimate of drug-likeness (QED) is 0.909. The van der Waals surface area contributed by atoms with Crippen molar-refractivity contribution in [1.29, 1.82) is 0 Å². The molecule has 1 unspecified atom stereocenters. The Morgan fingerprint density at radius 1 is 1.05 bits per heavy atom. The van der Waals surface area contributed by atoms with Gasteiger partial charge in [0.05, 0.1) is 6.04 Å². The van der Waals surface area contributed by atoms with E-state index in [9.17, 15) is 4.79 Å². The zero-order chi connectivity index (χ0) is 14.7. The third kappa shape index (κ3) is 3.87. The van der Waals surface area contributed by atoms with Crippen molar-refractivity contribution >= 4 is 18.3 Å². The van der Waals surface area contributed by atoms with E-state index in [1.54, 1.807) is 0 Å². The number of rotatable bonds is 4. The first-order valence-corrected chi connectivity index (χ1v) is 7.39. The topological polar surface area (TPSA) is 55.1 Å². The molecule has 2 aromatic rings. The summed E-state index contributed by atoms with van der Waals surface area (Å²) in [6.07, 6.45) is 2.38. The van der Waals surface area contributed by atoms with Crippen molar-refractivity contribution in [3.8, 4) is 0 Å². The fourth-order valence-electron chi connectivity index (χ4n) is 2.93. The van der Waals surface area contributed by atoms with E-state index in [4.69, 9.17) is 5.73 Å². The van der Waals surface area contributed by atoms with Gasteiger partial charge in [-0.05, 0) is 36.0 Å². The highest BCUT2D eigenvalue weighted by atomic mass is 35.5. The molecule has 116 valence electrons. The normalized spacial score (nSPS) is 14.8. The number of amides is 1. The largest absolute Gasteiger partial charge is 0.351 e. The van der Waals surface area contributed by atoms with Gasteiger partial charge in [-0.1, -0.05) is 54.6 Å². The molecule has 3 N–H and O–H groups in total. The van der Waals surface area contributed by atoms with Gasteiger partial charge in [-0.3, -0.25) is 4.79 Å². The standard InChI is InChI=1S/C18H20N2O.ClH/c19-17(10-13-6-2-1-3-7-13)18(21)20-16-11-14-8-4-5-9-15(14)12-16;/h1-9,16-17H,10-12,19H2,(H,20,21);1H. The lowest BCUT2D eigenvalue weighted by molar-refractivity contribution is -0.123. The molecule has 0 saturated carbocycles. The van der Waals surface area contributed by atoms with Crippen molar-refractivity contribution in [2.24, 2.45) is 5.73 Å². The SMILES string of the molecule is Cl.NC(Cc1ccccc1)C(=O)NC1Cc2ccccc2C1. The first-order valence-electron chi connectivity index (χ1n) is 7.39. The van der Waals surface area contributed by atoms with Crippen molar-refractivity contribution in [1.82, 2.24) is 5.32 Å². The van der Waals surface area contributed by atoms with Crippen LogP contribution in [0.3, 0.4) is 0 Å². The van der Waals surface area contributed by atoms with Gasteiger partial charge in [0.15, 0.2) is 0 Å². The molecule has 22 heavy (non-hydrogen) atoms. The minimum Gasteiger partial charge on any atom is -0.351 e. The van der Waals surface area contributed by atoms with Gasteiger partial charge in [0.1, 0.15) is 0 Å². The maximum Gasteiger partial charge on any atom is 0.237 e. The number of fused-ring (bicyclic) bond motifs is 1. The van der Waals surface area contributed by atoms with Crippen LogP contribution in [0.25, 0.3) is 0 Å². The van der Waals surface area contributed by atoms with Crippen LogP contribution in [0.5, 0.6) is 0 Å². The Kier molecular flexibility index (Phi) is 5.58.